The largest absolute Gasteiger partial charge is 0.394 e. The van der Waals surface area contributed by atoms with Crippen LogP contribution in [0, 0.1) is 17.6 Å². The van der Waals surface area contributed by atoms with Crippen molar-refractivity contribution in [3.63, 3.8) is 0 Å². The maximum absolute atomic E-state index is 14.2. The zero-order valence-corrected chi connectivity index (χ0v) is 32.5. The predicted molar refractivity (Wildman–Crippen MR) is 200 cm³/mol. The summed E-state index contributed by atoms with van der Waals surface area (Å²) in [4.78, 5) is 84.5. The lowest BCUT2D eigenvalue weighted by Gasteiger charge is -2.40. The van der Waals surface area contributed by atoms with Crippen molar-refractivity contribution in [3.8, 4) is 0 Å². The zero-order valence-electron chi connectivity index (χ0n) is 32.5. The van der Waals surface area contributed by atoms with Crippen molar-refractivity contribution in [3.05, 3.63) is 47.5 Å². The summed E-state index contributed by atoms with van der Waals surface area (Å²) in [5.74, 6) is -4.21. The Labute approximate surface area is 326 Å². The number of amides is 5. The molecule has 4 aliphatic rings. The molecule has 56 heavy (non-hydrogen) atoms. The molecule has 4 fully saturated rings. The Hall–Kier alpha value is -4.28. The van der Waals surface area contributed by atoms with E-state index in [1.54, 1.807) is 17.9 Å². The van der Waals surface area contributed by atoms with Crippen LogP contribution in [0.25, 0.3) is 0 Å². The Morgan fingerprint density at radius 2 is 1.70 bits per heavy atom. The second kappa shape index (κ2) is 18.8. The first-order valence-electron chi connectivity index (χ1n) is 19.9. The highest BCUT2D eigenvalue weighted by Crippen LogP contribution is 2.48. The van der Waals surface area contributed by atoms with E-state index in [-0.39, 0.29) is 42.7 Å². The smallest absolute Gasteiger partial charge is 0.245 e. The molecule has 1 saturated carbocycles. The van der Waals surface area contributed by atoms with E-state index in [0.29, 0.717) is 64.0 Å². The van der Waals surface area contributed by atoms with Crippen molar-refractivity contribution in [2.45, 2.75) is 133 Å². The molecule has 0 bridgehead atoms. The lowest BCUT2D eigenvalue weighted by Crippen LogP contribution is -2.62. The fourth-order valence-corrected chi connectivity index (χ4v) is 8.46. The van der Waals surface area contributed by atoms with E-state index in [0.717, 1.165) is 25.0 Å². The van der Waals surface area contributed by atoms with E-state index in [2.05, 4.69) is 16.0 Å². The summed E-state index contributed by atoms with van der Waals surface area (Å²) in [5, 5.41) is 29.8. The number of hydrogen-bond donors (Lipinski definition) is 5. The average molecular weight is 787 g/mol. The molecule has 1 spiro atoms. The Morgan fingerprint density at radius 1 is 1.00 bits per heavy atom. The van der Waals surface area contributed by atoms with Gasteiger partial charge in [-0.15, -0.1) is 0 Å². The Balaban J connectivity index is 1.24. The molecule has 3 saturated heterocycles. The molecule has 1 aromatic carbocycles. The maximum Gasteiger partial charge on any atom is 0.245 e. The van der Waals surface area contributed by atoms with Gasteiger partial charge in [-0.1, -0.05) is 32.8 Å². The molecule has 5 amide bonds. The van der Waals surface area contributed by atoms with Gasteiger partial charge in [0.1, 0.15) is 41.5 Å². The van der Waals surface area contributed by atoms with Gasteiger partial charge in [0, 0.05) is 38.5 Å². The number of likely N-dealkylation sites (tertiary alicyclic amines) is 3. The molecule has 0 radical (unpaired) electrons. The second-order valence-electron chi connectivity index (χ2n) is 15.9. The normalized spacial score (nSPS) is 25.9. The summed E-state index contributed by atoms with van der Waals surface area (Å²) in [6.45, 7) is 5.76. The zero-order chi connectivity index (χ0) is 40.7. The highest BCUT2D eigenvalue weighted by atomic mass is 19.1. The van der Waals surface area contributed by atoms with Crippen LogP contribution in [0.15, 0.2) is 30.4 Å². The minimum atomic E-state index is -1.56. The van der Waals surface area contributed by atoms with Crippen molar-refractivity contribution in [1.29, 1.82) is 0 Å². The quantitative estimate of drug-likeness (QED) is 0.122. The number of nitrogens with one attached hydrogen (secondary N) is 3. The van der Waals surface area contributed by atoms with Crippen LogP contribution < -0.4 is 16.0 Å². The first-order valence-corrected chi connectivity index (χ1v) is 19.9. The summed E-state index contributed by atoms with van der Waals surface area (Å²) in [6.07, 6.45) is 6.90. The molecule has 8 atom stereocenters. The molecule has 16 heteroatoms. The van der Waals surface area contributed by atoms with Gasteiger partial charge in [0.2, 0.25) is 29.5 Å². The van der Waals surface area contributed by atoms with Crippen LogP contribution in [0.2, 0.25) is 0 Å². The highest BCUT2D eigenvalue weighted by molar-refractivity contribution is 6.09. The summed E-state index contributed by atoms with van der Waals surface area (Å²) < 4.78 is 28.1. The minimum absolute atomic E-state index is 0.0295. The van der Waals surface area contributed by atoms with E-state index in [9.17, 15) is 47.8 Å². The molecule has 1 aliphatic carbocycles. The van der Waals surface area contributed by atoms with E-state index in [1.807, 2.05) is 13.8 Å². The molecule has 308 valence electrons. The van der Waals surface area contributed by atoms with Crippen LogP contribution in [0.3, 0.4) is 0 Å². The van der Waals surface area contributed by atoms with Gasteiger partial charge in [0.05, 0.1) is 18.7 Å². The van der Waals surface area contributed by atoms with Crippen molar-refractivity contribution < 1.29 is 47.8 Å². The number of Topliss-reactive ketones (excluding diaryl/α,β-unsaturated/α-hetero) is 1. The third kappa shape index (κ3) is 9.98. The second-order valence-corrected chi connectivity index (χ2v) is 15.9. The molecule has 3 heterocycles. The Bertz CT molecular complexity index is 1660. The Kier molecular flexibility index (Phi) is 14.4. The van der Waals surface area contributed by atoms with Gasteiger partial charge < -0.3 is 36.0 Å². The third-order valence-electron chi connectivity index (χ3n) is 11.4. The Morgan fingerprint density at radius 3 is 2.36 bits per heavy atom. The van der Waals surface area contributed by atoms with Gasteiger partial charge in [-0.2, -0.15) is 0 Å². The number of ketones is 1. The molecule has 5 rings (SSSR count). The molecule has 5 N–H and O–H groups in total. The highest BCUT2D eigenvalue weighted by Gasteiger charge is 2.63. The van der Waals surface area contributed by atoms with E-state index < -0.39 is 83.8 Å². The lowest BCUT2D eigenvalue weighted by atomic mass is 9.99. The predicted octanol–water partition coefficient (Wildman–Crippen LogP) is 1.46. The number of benzene rings is 1. The SMILES string of the molecule is CCCC/C=C/C(=O)N[C@@H](Cc1cc(F)cc(F)c1)C(=O)N[C@@H](CO)C(O)N1CCC[C@H]1C(=O)N1CCCC[C@H]1C(=O)N[C@@H](C)C(=O)N1C[C@H](C)C[C@]12CC2=O. The number of piperidine rings is 1. The number of rotatable bonds is 16. The number of carbonyl (C=O) groups is 6. The van der Waals surface area contributed by atoms with E-state index in [1.165, 1.54) is 15.9 Å². The molecule has 1 unspecified atom stereocenters. The number of allylic oxidation sites excluding steroid dienone is 1. The van der Waals surface area contributed by atoms with Gasteiger partial charge in [-0.3, -0.25) is 33.7 Å². The molecule has 0 aromatic heterocycles. The van der Waals surface area contributed by atoms with Crippen LogP contribution in [0.1, 0.15) is 90.5 Å². The third-order valence-corrected chi connectivity index (χ3v) is 11.4. The van der Waals surface area contributed by atoms with Crippen LogP contribution in [-0.4, -0.2) is 128 Å². The number of nitrogens with zero attached hydrogens (tertiary/aromatic N) is 3. The molecule has 1 aromatic rings. The van der Waals surface area contributed by atoms with Crippen molar-refractivity contribution in [2.24, 2.45) is 5.92 Å². The molecule has 3 aliphatic heterocycles. The average Bonchev–Trinajstić information content (AvgIpc) is 3.44. The maximum atomic E-state index is 14.2. The number of unbranched alkanes of at least 4 members (excludes halogenated alkanes) is 2. The van der Waals surface area contributed by atoms with Gasteiger partial charge in [-0.05, 0) is 81.6 Å². The summed E-state index contributed by atoms with van der Waals surface area (Å²) >= 11 is 0. The molecular weight excluding hydrogens is 730 g/mol. The van der Waals surface area contributed by atoms with Crippen LogP contribution in [0.5, 0.6) is 0 Å². The number of carbonyl (C=O) groups excluding carboxylic acids is 6. The van der Waals surface area contributed by atoms with E-state index >= 15 is 0 Å². The number of aliphatic hydroxyl groups is 2. The first-order chi connectivity index (χ1) is 26.7. The van der Waals surface area contributed by atoms with Gasteiger partial charge in [0.25, 0.3) is 0 Å². The van der Waals surface area contributed by atoms with Crippen LogP contribution in [-0.2, 0) is 35.2 Å². The number of halogens is 2. The van der Waals surface area contributed by atoms with Crippen molar-refractivity contribution in [1.82, 2.24) is 30.7 Å². The fourth-order valence-electron chi connectivity index (χ4n) is 8.46. The van der Waals surface area contributed by atoms with Gasteiger partial charge >= 0.3 is 0 Å². The first kappa shape index (κ1) is 42.9. The summed E-state index contributed by atoms with van der Waals surface area (Å²) in [6, 6.07) is -2.60. The topological polar surface area (TPSA) is 189 Å². The van der Waals surface area contributed by atoms with Crippen LogP contribution >= 0.6 is 0 Å². The lowest BCUT2D eigenvalue weighted by molar-refractivity contribution is -0.151. The fraction of sp³-hybridized carbons (Fsp3) is 0.650. The summed E-state index contributed by atoms with van der Waals surface area (Å²) in [7, 11) is 0. The van der Waals surface area contributed by atoms with Crippen molar-refractivity contribution >= 4 is 35.3 Å². The summed E-state index contributed by atoms with van der Waals surface area (Å²) in [5.41, 5.74) is -0.669. The van der Waals surface area contributed by atoms with Gasteiger partial charge in [0.15, 0.2) is 5.78 Å². The van der Waals surface area contributed by atoms with Crippen LogP contribution in [0.4, 0.5) is 8.78 Å². The molecular formula is C40H56F2N6O8. The monoisotopic (exact) mass is 786 g/mol. The molecule has 14 nitrogen and oxygen atoms in total. The van der Waals surface area contributed by atoms with Gasteiger partial charge in [-0.25, -0.2) is 8.78 Å². The van der Waals surface area contributed by atoms with E-state index in [4.69, 9.17) is 0 Å². The number of aliphatic hydroxyl groups excluding tert-OH is 2. The standard InChI is InChI=1S/C40H56F2N6O8/c1-4-5-6-7-13-34(51)44-29(18-26-16-27(41)19-28(42)17-26)35(52)45-30(23-49)38(55)47-15-10-12-32(47)39(56)46-14-9-8-11-31(46)36(53)43-25(3)37(54)48-22-24(2)20-40(48)21-33(40)50/h7,13,16-17,19,24-25,29-32,38,49,55H,4-6,8-12,14-15,18,20-23H2,1-3H3,(H,43,53)(H,44,51)(H,45,52)/b13-7+/t24-,25+,29+,30+,31+,32+,38?,40-/m1/s1. The van der Waals surface area contributed by atoms with Crippen molar-refractivity contribution in [2.75, 3.05) is 26.2 Å². The number of hydrogen-bond acceptors (Lipinski definition) is 9. The minimum Gasteiger partial charge on any atom is -0.394 e.